The Morgan fingerprint density at radius 1 is 0.800 bits per heavy atom. The molecule has 0 amide bonds. The van der Waals surface area contributed by atoms with Gasteiger partial charge in [0.1, 0.15) is 0 Å². The maximum absolute atomic E-state index is 9.98. The van der Waals surface area contributed by atoms with Gasteiger partial charge in [0, 0.05) is 0 Å². The summed E-state index contributed by atoms with van der Waals surface area (Å²) >= 11 is 0. The molecule has 0 aromatic carbocycles. The average Bonchev–Trinajstić information content (AvgIpc) is 1.79. The van der Waals surface area contributed by atoms with E-state index in [0.717, 1.165) is 12.2 Å². The van der Waals surface area contributed by atoms with E-state index < -0.39 is 0 Å². The molecule has 0 spiro atoms. The Labute approximate surface area is 107 Å². The summed E-state index contributed by atoms with van der Waals surface area (Å²) in [5.74, 6) is -0.750. The molecule has 15 heavy (non-hydrogen) atoms. The molecule has 0 aromatic rings. The van der Waals surface area contributed by atoms with Gasteiger partial charge in [0.25, 0.3) is 0 Å². The fourth-order valence-corrected chi connectivity index (χ4v) is 0.572. The molecular formula is C10H16O4Sn. The Morgan fingerprint density at radius 2 is 1.00 bits per heavy atom. The van der Waals surface area contributed by atoms with Crippen LogP contribution in [0.4, 0.5) is 0 Å². The first-order chi connectivity index (χ1) is 6.25. The molecule has 0 saturated carbocycles. The van der Waals surface area contributed by atoms with Gasteiger partial charge in [-0.1, -0.05) is 13.8 Å². The van der Waals surface area contributed by atoms with Crippen molar-refractivity contribution in [3.8, 4) is 0 Å². The van der Waals surface area contributed by atoms with E-state index in [1.165, 1.54) is 27.7 Å². The van der Waals surface area contributed by atoms with Crippen molar-refractivity contribution in [2.75, 3.05) is 0 Å². The van der Waals surface area contributed by atoms with Crippen LogP contribution in [0.15, 0.2) is 23.7 Å². The van der Waals surface area contributed by atoms with Crippen molar-refractivity contribution in [1.29, 1.82) is 0 Å². The molecule has 0 aromatic heterocycles. The van der Waals surface area contributed by atoms with Crippen molar-refractivity contribution in [2.24, 2.45) is 0 Å². The van der Waals surface area contributed by atoms with Crippen molar-refractivity contribution in [2.45, 2.75) is 27.7 Å². The van der Waals surface area contributed by atoms with Crippen molar-refractivity contribution in [3.05, 3.63) is 23.7 Å². The Morgan fingerprint density at radius 3 is 1.00 bits per heavy atom. The van der Waals surface area contributed by atoms with Crippen LogP contribution in [0.2, 0.25) is 0 Å². The van der Waals surface area contributed by atoms with Gasteiger partial charge in [-0.3, -0.25) is 9.59 Å². The van der Waals surface area contributed by atoms with Crippen LogP contribution in [0.5, 0.6) is 0 Å². The summed E-state index contributed by atoms with van der Waals surface area (Å²) in [6.07, 6.45) is 2.11. The molecule has 0 aliphatic heterocycles. The number of carbonyl (C=O) groups is 2. The Bertz CT molecular complexity index is 231. The molecule has 0 saturated heterocycles. The summed E-state index contributed by atoms with van der Waals surface area (Å²) in [5, 5.41) is 20.0. The Hall–Kier alpha value is -0.781. The standard InChI is InChI=1S/2C5H8O2.Sn.2H/c2*1-4(6)3-5(2)7;;;/h2*3,6H,1-2H3;;;/q;;+2;;/p-2/b2*4-3-;;;. The molecule has 0 aliphatic rings. The third kappa shape index (κ3) is 31.9. The van der Waals surface area contributed by atoms with Crippen LogP contribution in [0.1, 0.15) is 27.7 Å². The van der Waals surface area contributed by atoms with E-state index in [2.05, 4.69) is 0 Å². The van der Waals surface area contributed by atoms with E-state index in [1.54, 1.807) is 0 Å². The second-order valence-electron chi connectivity index (χ2n) is 2.73. The van der Waals surface area contributed by atoms with Gasteiger partial charge in [-0.2, -0.15) is 0 Å². The van der Waals surface area contributed by atoms with Gasteiger partial charge in [-0.25, -0.2) is 0 Å². The summed E-state index contributed by atoms with van der Waals surface area (Å²) < 4.78 is 0. The summed E-state index contributed by atoms with van der Waals surface area (Å²) in [7, 11) is 0. The minimum absolute atomic E-state index is 0. The van der Waals surface area contributed by atoms with Gasteiger partial charge in [-0.05, 0) is 26.0 Å². The second kappa shape index (κ2) is 11.3. The Balaban J connectivity index is -0.000000180. The molecule has 0 bridgehead atoms. The number of rotatable bonds is 2. The first kappa shape index (κ1) is 19.7. The van der Waals surface area contributed by atoms with Crippen molar-refractivity contribution in [1.82, 2.24) is 0 Å². The van der Waals surface area contributed by atoms with Crippen molar-refractivity contribution < 1.29 is 19.8 Å². The number of hydrogen-bond donors (Lipinski definition) is 0. The maximum atomic E-state index is 9.98. The number of ketones is 2. The second-order valence-corrected chi connectivity index (χ2v) is 2.73. The van der Waals surface area contributed by atoms with Crippen molar-refractivity contribution >= 4 is 35.5 Å². The van der Waals surface area contributed by atoms with Gasteiger partial charge >= 0.3 is 23.9 Å². The van der Waals surface area contributed by atoms with Crippen LogP contribution in [-0.4, -0.2) is 35.5 Å². The molecule has 0 atom stereocenters. The summed E-state index contributed by atoms with van der Waals surface area (Å²) in [6, 6.07) is 0. The van der Waals surface area contributed by atoms with E-state index >= 15 is 0 Å². The van der Waals surface area contributed by atoms with E-state index in [0.29, 0.717) is 0 Å². The molecule has 0 fully saturated rings. The third-order valence-corrected chi connectivity index (χ3v) is 0.813. The molecular weight excluding hydrogens is 303 g/mol. The number of hydrogen-bond acceptors (Lipinski definition) is 4. The first-order valence-electron chi connectivity index (χ1n) is 3.97. The molecule has 5 heteroatoms. The third-order valence-electron chi connectivity index (χ3n) is 0.813. The van der Waals surface area contributed by atoms with E-state index in [4.69, 9.17) is 0 Å². The van der Waals surface area contributed by atoms with E-state index in [-0.39, 0.29) is 47.0 Å². The average molecular weight is 319 g/mol. The van der Waals surface area contributed by atoms with Gasteiger partial charge in [0.05, 0.1) is 0 Å². The van der Waals surface area contributed by atoms with Crippen LogP contribution >= 0.6 is 0 Å². The predicted octanol–water partition coefficient (Wildman–Crippen LogP) is -1.24. The van der Waals surface area contributed by atoms with E-state index in [1.807, 2.05) is 0 Å². The van der Waals surface area contributed by atoms with Crippen LogP contribution < -0.4 is 10.2 Å². The van der Waals surface area contributed by atoms with Gasteiger partial charge in [0.15, 0.2) is 11.6 Å². The number of allylic oxidation sites excluding steroid dienone is 4. The van der Waals surface area contributed by atoms with Crippen LogP contribution in [0.3, 0.4) is 0 Å². The Kier molecular flexibility index (Phi) is 14.9. The zero-order chi connectivity index (χ0) is 11.7. The normalized spacial score (nSPS) is 10.7. The summed E-state index contributed by atoms with van der Waals surface area (Å²) in [4.78, 5) is 20.0. The predicted molar refractivity (Wildman–Crippen MR) is 57.4 cm³/mol. The fourth-order valence-electron chi connectivity index (χ4n) is 0.572. The van der Waals surface area contributed by atoms with Crippen LogP contribution in [0, 0.1) is 0 Å². The SMILES string of the molecule is CC(=O)/C=C(/C)[O-].CC(=O)/C=C(/C)[O-].[SnH2+2]. The number of carbonyl (C=O) groups excluding carboxylic acids is 2. The summed E-state index contributed by atoms with van der Waals surface area (Å²) in [6.45, 7) is 5.39. The van der Waals surface area contributed by atoms with Crippen LogP contribution in [-0.2, 0) is 9.59 Å². The van der Waals surface area contributed by atoms with Gasteiger partial charge < -0.3 is 10.2 Å². The van der Waals surface area contributed by atoms with Gasteiger partial charge in [0.2, 0.25) is 0 Å². The molecule has 4 nitrogen and oxygen atoms in total. The molecule has 0 aliphatic carbocycles. The molecule has 0 N–H and O–H groups in total. The van der Waals surface area contributed by atoms with Gasteiger partial charge in [-0.15, -0.1) is 11.5 Å². The topological polar surface area (TPSA) is 80.3 Å². The molecule has 0 rings (SSSR count). The molecule has 0 heterocycles. The quantitative estimate of drug-likeness (QED) is 0.362. The zero-order valence-electron chi connectivity index (χ0n) is 9.49. The van der Waals surface area contributed by atoms with E-state index in [9.17, 15) is 19.8 Å². The molecule has 0 radical (unpaired) electrons. The molecule has 84 valence electrons. The summed E-state index contributed by atoms with van der Waals surface area (Å²) in [5.41, 5.74) is 0. The zero-order valence-corrected chi connectivity index (χ0v) is 13.5. The fraction of sp³-hybridized carbons (Fsp3) is 0.400. The monoisotopic (exact) mass is 320 g/mol. The molecule has 0 unspecified atom stereocenters. The minimum atomic E-state index is -0.187. The van der Waals surface area contributed by atoms with Crippen LogP contribution in [0.25, 0.3) is 0 Å². The van der Waals surface area contributed by atoms with Crippen molar-refractivity contribution in [3.63, 3.8) is 0 Å². The first-order valence-corrected chi connectivity index (χ1v) is 3.97.